The number of rotatable bonds is 5. The van der Waals surface area contributed by atoms with Gasteiger partial charge in [-0.25, -0.2) is 0 Å². The SMILES string of the molecule is COc1ccc(-c2noc(CN3CCCC[C@@H]3C(N)=O)n2)cc1. The number of likely N-dealkylation sites (tertiary alicyclic amines) is 1. The van der Waals surface area contributed by atoms with E-state index in [2.05, 4.69) is 10.1 Å². The number of carbonyl (C=O) groups excluding carboxylic acids is 1. The summed E-state index contributed by atoms with van der Waals surface area (Å²) in [6.45, 7) is 1.25. The fourth-order valence-electron chi connectivity index (χ4n) is 2.85. The van der Waals surface area contributed by atoms with E-state index in [0.717, 1.165) is 37.1 Å². The Morgan fingerprint density at radius 2 is 2.17 bits per heavy atom. The molecule has 7 nitrogen and oxygen atoms in total. The van der Waals surface area contributed by atoms with Crippen molar-refractivity contribution in [3.63, 3.8) is 0 Å². The Bertz CT molecular complexity index is 668. The highest BCUT2D eigenvalue weighted by molar-refractivity contribution is 5.79. The number of amides is 1. The summed E-state index contributed by atoms with van der Waals surface area (Å²) in [4.78, 5) is 18.0. The number of piperidine rings is 1. The molecule has 1 aromatic heterocycles. The van der Waals surface area contributed by atoms with Crippen LogP contribution in [0.4, 0.5) is 0 Å². The molecule has 0 radical (unpaired) electrons. The van der Waals surface area contributed by atoms with Gasteiger partial charge in [-0.15, -0.1) is 0 Å². The van der Waals surface area contributed by atoms with Gasteiger partial charge >= 0.3 is 0 Å². The highest BCUT2D eigenvalue weighted by Crippen LogP contribution is 2.22. The lowest BCUT2D eigenvalue weighted by Crippen LogP contribution is -2.47. The second kappa shape index (κ2) is 6.78. The summed E-state index contributed by atoms with van der Waals surface area (Å²) in [6, 6.07) is 7.19. The molecular weight excluding hydrogens is 296 g/mol. The van der Waals surface area contributed by atoms with Gasteiger partial charge in [-0.1, -0.05) is 11.6 Å². The molecule has 0 unspecified atom stereocenters. The van der Waals surface area contributed by atoms with Gasteiger partial charge < -0.3 is 15.0 Å². The first-order valence-electron chi connectivity index (χ1n) is 7.68. The minimum Gasteiger partial charge on any atom is -0.497 e. The molecule has 1 atom stereocenters. The number of primary amides is 1. The monoisotopic (exact) mass is 316 g/mol. The van der Waals surface area contributed by atoms with E-state index in [1.807, 2.05) is 29.2 Å². The van der Waals surface area contributed by atoms with Crippen LogP contribution in [0.2, 0.25) is 0 Å². The average molecular weight is 316 g/mol. The van der Waals surface area contributed by atoms with Crippen LogP contribution < -0.4 is 10.5 Å². The van der Waals surface area contributed by atoms with Crippen LogP contribution in [0, 0.1) is 0 Å². The summed E-state index contributed by atoms with van der Waals surface area (Å²) in [5.74, 6) is 1.49. The largest absolute Gasteiger partial charge is 0.497 e. The van der Waals surface area contributed by atoms with E-state index < -0.39 is 0 Å². The van der Waals surface area contributed by atoms with E-state index in [-0.39, 0.29) is 11.9 Å². The molecule has 0 bridgehead atoms. The lowest BCUT2D eigenvalue weighted by Gasteiger charge is -2.32. The summed E-state index contributed by atoms with van der Waals surface area (Å²) in [6.07, 6.45) is 2.85. The molecule has 1 aliphatic rings. The van der Waals surface area contributed by atoms with Gasteiger partial charge in [-0.2, -0.15) is 4.98 Å². The van der Waals surface area contributed by atoms with E-state index in [1.165, 1.54) is 0 Å². The Balaban J connectivity index is 1.72. The van der Waals surface area contributed by atoms with E-state index in [1.54, 1.807) is 7.11 Å². The molecule has 122 valence electrons. The van der Waals surface area contributed by atoms with Gasteiger partial charge in [0.05, 0.1) is 19.7 Å². The van der Waals surface area contributed by atoms with Gasteiger partial charge in [0.2, 0.25) is 17.6 Å². The smallest absolute Gasteiger partial charge is 0.241 e. The van der Waals surface area contributed by atoms with Crippen molar-refractivity contribution < 1.29 is 14.1 Å². The van der Waals surface area contributed by atoms with Crippen LogP contribution in [0.25, 0.3) is 11.4 Å². The molecular formula is C16H20N4O3. The van der Waals surface area contributed by atoms with Crippen LogP contribution in [0.15, 0.2) is 28.8 Å². The molecule has 0 saturated carbocycles. The lowest BCUT2D eigenvalue weighted by atomic mass is 10.0. The minimum atomic E-state index is -0.292. The Labute approximate surface area is 134 Å². The standard InChI is InChI=1S/C16H20N4O3/c1-22-12-7-5-11(6-8-12)16-18-14(23-19-16)10-20-9-3-2-4-13(20)15(17)21/h5-8,13H,2-4,9-10H2,1H3,(H2,17,21)/t13-/m1/s1. The topological polar surface area (TPSA) is 94.5 Å². The molecule has 0 aliphatic carbocycles. The quantitative estimate of drug-likeness (QED) is 0.900. The maximum atomic E-state index is 11.5. The maximum absolute atomic E-state index is 11.5. The van der Waals surface area contributed by atoms with Gasteiger partial charge in [-0.3, -0.25) is 9.69 Å². The molecule has 1 aliphatic heterocycles. The van der Waals surface area contributed by atoms with Crippen LogP contribution in [0.1, 0.15) is 25.2 Å². The number of hydrogen-bond acceptors (Lipinski definition) is 6. The van der Waals surface area contributed by atoms with Crippen molar-refractivity contribution in [1.82, 2.24) is 15.0 Å². The van der Waals surface area contributed by atoms with Crippen LogP contribution in [-0.4, -0.2) is 40.6 Å². The zero-order valence-corrected chi connectivity index (χ0v) is 13.1. The van der Waals surface area contributed by atoms with Gasteiger partial charge in [0.15, 0.2) is 0 Å². The summed E-state index contributed by atoms with van der Waals surface area (Å²) >= 11 is 0. The second-order valence-corrected chi connectivity index (χ2v) is 5.62. The average Bonchev–Trinajstić information content (AvgIpc) is 3.04. The zero-order chi connectivity index (χ0) is 16.2. The summed E-state index contributed by atoms with van der Waals surface area (Å²) < 4.78 is 10.5. The Kier molecular flexibility index (Phi) is 4.57. The molecule has 23 heavy (non-hydrogen) atoms. The lowest BCUT2D eigenvalue weighted by molar-refractivity contribution is -0.124. The van der Waals surface area contributed by atoms with E-state index >= 15 is 0 Å². The van der Waals surface area contributed by atoms with Crippen molar-refractivity contribution in [2.24, 2.45) is 5.73 Å². The summed E-state index contributed by atoms with van der Waals surface area (Å²) in [5, 5.41) is 4.01. The van der Waals surface area contributed by atoms with Crippen molar-refractivity contribution in [2.75, 3.05) is 13.7 Å². The number of carbonyl (C=O) groups is 1. The molecule has 2 N–H and O–H groups in total. The predicted molar refractivity (Wildman–Crippen MR) is 83.5 cm³/mol. The van der Waals surface area contributed by atoms with Crippen molar-refractivity contribution in [3.05, 3.63) is 30.2 Å². The molecule has 2 aromatic rings. The van der Waals surface area contributed by atoms with Gasteiger partial charge in [0.1, 0.15) is 5.75 Å². The zero-order valence-electron chi connectivity index (χ0n) is 13.1. The van der Waals surface area contributed by atoms with Crippen molar-refractivity contribution in [2.45, 2.75) is 31.8 Å². The van der Waals surface area contributed by atoms with Crippen LogP contribution >= 0.6 is 0 Å². The number of nitrogens with zero attached hydrogens (tertiary/aromatic N) is 3. The third-order valence-electron chi connectivity index (χ3n) is 4.10. The van der Waals surface area contributed by atoms with Crippen molar-refractivity contribution in [1.29, 1.82) is 0 Å². The van der Waals surface area contributed by atoms with Gasteiger partial charge in [0.25, 0.3) is 0 Å². The first kappa shape index (κ1) is 15.5. The summed E-state index contributed by atoms with van der Waals surface area (Å²) in [5.41, 5.74) is 6.33. The minimum absolute atomic E-state index is 0.250. The first-order chi connectivity index (χ1) is 11.2. The van der Waals surface area contributed by atoms with E-state index in [4.69, 9.17) is 15.0 Å². The van der Waals surface area contributed by atoms with E-state index in [9.17, 15) is 4.79 Å². The first-order valence-corrected chi connectivity index (χ1v) is 7.68. The molecule has 1 aromatic carbocycles. The molecule has 1 amide bonds. The molecule has 0 spiro atoms. The van der Waals surface area contributed by atoms with Crippen LogP contribution in [-0.2, 0) is 11.3 Å². The van der Waals surface area contributed by atoms with E-state index in [0.29, 0.717) is 18.3 Å². The van der Waals surface area contributed by atoms with Crippen LogP contribution in [0.5, 0.6) is 5.75 Å². The number of benzene rings is 1. The highest BCUT2D eigenvalue weighted by Gasteiger charge is 2.28. The molecule has 3 rings (SSSR count). The number of aromatic nitrogens is 2. The third-order valence-corrected chi connectivity index (χ3v) is 4.10. The third kappa shape index (κ3) is 3.50. The highest BCUT2D eigenvalue weighted by atomic mass is 16.5. The Hall–Kier alpha value is -2.41. The fourth-order valence-corrected chi connectivity index (χ4v) is 2.85. The van der Waals surface area contributed by atoms with Crippen LogP contribution in [0.3, 0.4) is 0 Å². The van der Waals surface area contributed by atoms with Crippen molar-refractivity contribution >= 4 is 5.91 Å². The van der Waals surface area contributed by atoms with Gasteiger partial charge in [0, 0.05) is 5.56 Å². The molecule has 1 fully saturated rings. The molecule has 2 heterocycles. The fraction of sp³-hybridized carbons (Fsp3) is 0.438. The number of hydrogen-bond donors (Lipinski definition) is 1. The number of methoxy groups -OCH3 is 1. The second-order valence-electron chi connectivity index (χ2n) is 5.62. The Morgan fingerprint density at radius 3 is 2.87 bits per heavy atom. The maximum Gasteiger partial charge on any atom is 0.241 e. The molecule has 1 saturated heterocycles. The normalized spacial score (nSPS) is 18.7. The van der Waals surface area contributed by atoms with Gasteiger partial charge in [-0.05, 0) is 43.7 Å². The Morgan fingerprint density at radius 1 is 1.39 bits per heavy atom. The predicted octanol–water partition coefficient (Wildman–Crippen LogP) is 1.58. The molecule has 7 heteroatoms. The number of nitrogens with two attached hydrogens (primary N) is 1. The summed E-state index contributed by atoms with van der Waals surface area (Å²) in [7, 11) is 1.62. The number of ether oxygens (including phenoxy) is 1. The van der Waals surface area contributed by atoms with Crippen molar-refractivity contribution in [3.8, 4) is 17.1 Å².